The normalized spacial score (nSPS) is 13.1. The van der Waals surface area contributed by atoms with Crippen molar-refractivity contribution in [2.75, 3.05) is 0 Å². The summed E-state index contributed by atoms with van der Waals surface area (Å²) in [6, 6.07) is 19.3. The number of rotatable bonds is 8. The molecule has 0 aliphatic carbocycles. The van der Waals surface area contributed by atoms with E-state index in [4.69, 9.17) is 0 Å². The number of carbonyl (C=O) groups is 2. The molecular weight excluding hydrogens is 367 g/mol. The van der Waals surface area contributed by atoms with Gasteiger partial charge in [-0.1, -0.05) is 62.4 Å². The molecule has 3 aromatic carbocycles. The first kappa shape index (κ1) is 20.5. The van der Waals surface area contributed by atoms with E-state index in [0.717, 1.165) is 21.9 Å². The van der Waals surface area contributed by atoms with Gasteiger partial charge in [0, 0.05) is 0 Å². The van der Waals surface area contributed by atoms with Gasteiger partial charge in [-0.3, -0.25) is 9.59 Å². The van der Waals surface area contributed by atoms with Crippen molar-refractivity contribution in [1.29, 1.82) is 0 Å². The number of hydrazine groups is 1. The molecule has 0 radical (unpaired) electrons. The van der Waals surface area contributed by atoms with Crippen LogP contribution >= 0.6 is 0 Å². The molecule has 5 heteroatoms. The van der Waals surface area contributed by atoms with Gasteiger partial charge in [0.1, 0.15) is 5.82 Å². The fourth-order valence-electron chi connectivity index (χ4n) is 3.73. The number of halogens is 1. The lowest BCUT2D eigenvalue weighted by Crippen LogP contribution is -2.46. The highest BCUT2D eigenvalue weighted by atomic mass is 19.1. The van der Waals surface area contributed by atoms with Crippen LogP contribution in [0.15, 0.2) is 66.7 Å². The van der Waals surface area contributed by atoms with Crippen molar-refractivity contribution in [2.24, 2.45) is 5.92 Å². The predicted octanol–water partition coefficient (Wildman–Crippen LogP) is 5.27. The van der Waals surface area contributed by atoms with Gasteiger partial charge in [0.05, 0.1) is 12.1 Å². The largest absolute Gasteiger partial charge is 0.277 e. The lowest BCUT2D eigenvalue weighted by atomic mass is 9.95. The van der Waals surface area contributed by atoms with Gasteiger partial charge in [0.2, 0.25) is 12.8 Å². The second-order valence-corrected chi connectivity index (χ2v) is 7.49. The van der Waals surface area contributed by atoms with E-state index >= 15 is 0 Å². The molecular formula is C24H25FN2O2. The van der Waals surface area contributed by atoms with Crippen LogP contribution in [-0.2, 0) is 9.59 Å². The Hall–Kier alpha value is -3.21. The lowest BCUT2D eigenvalue weighted by Gasteiger charge is -2.40. The highest BCUT2D eigenvalue weighted by Crippen LogP contribution is 2.33. The maximum absolute atomic E-state index is 13.4. The summed E-state index contributed by atoms with van der Waals surface area (Å²) in [4.78, 5) is 24.2. The van der Waals surface area contributed by atoms with Crippen molar-refractivity contribution >= 4 is 23.6 Å². The summed E-state index contributed by atoms with van der Waals surface area (Å²) in [5, 5.41) is 5.00. The van der Waals surface area contributed by atoms with Gasteiger partial charge < -0.3 is 0 Å². The number of hydrogen-bond donors (Lipinski definition) is 0. The van der Waals surface area contributed by atoms with Crippen LogP contribution in [0.25, 0.3) is 10.8 Å². The van der Waals surface area contributed by atoms with E-state index in [0.29, 0.717) is 12.8 Å². The van der Waals surface area contributed by atoms with Gasteiger partial charge in [-0.05, 0) is 52.9 Å². The van der Waals surface area contributed by atoms with Gasteiger partial charge in [-0.2, -0.15) is 0 Å². The molecule has 29 heavy (non-hydrogen) atoms. The minimum absolute atomic E-state index is 0.0110. The van der Waals surface area contributed by atoms with Crippen molar-refractivity contribution in [3.05, 3.63) is 83.7 Å². The molecule has 3 rings (SSSR count). The van der Waals surface area contributed by atoms with Crippen LogP contribution in [0.3, 0.4) is 0 Å². The molecule has 3 aromatic rings. The van der Waals surface area contributed by atoms with E-state index in [-0.39, 0.29) is 17.8 Å². The van der Waals surface area contributed by atoms with Crippen LogP contribution in [0, 0.1) is 11.7 Å². The van der Waals surface area contributed by atoms with E-state index in [1.807, 2.05) is 63.2 Å². The Morgan fingerprint density at radius 1 is 0.759 bits per heavy atom. The summed E-state index contributed by atoms with van der Waals surface area (Å²) in [6.07, 6.45) is 1.34. The van der Waals surface area contributed by atoms with Crippen molar-refractivity contribution in [1.82, 2.24) is 10.0 Å². The Kier molecular flexibility index (Phi) is 6.27. The third kappa shape index (κ3) is 4.29. The van der Waals surface area contributed by atoms with Gasteiger partial charge in [-0.15, -0.1) is 0 Å². The topological polar surface area (TPSA) is 40.6 Å². The van der Waals surface area contributed by atoms with Crippen molar-refractivity contribution in [3.63, 3.8) is 0 Å². The van der Waals surface area contributed by atoms with E-state index in [1.54, 1.807) is 12.1 Å². The molecule has 0 spiro atoms. The molecule has 2 unspecified atom stereocenters. The molecule has 0 aromatic heterocycles. The summed E-state index contributed by atoms with van der Waals surface area (Å²) in [5.74, 6) is -0.331. The minimum atomic E-state index is -0.402. The zero-order valence-corrected chi connectivity index (χ0v) is 16.8. The van der Waals surface area contributed by atoms with E-state index < -0.39 is 6.04 Å². The number of nitrogens with zero attached hydrogens (tertiary/aromatic N) is 2. The van der Waals surface area contributed by atoms with Gasteiger partial charge in [-0.25, -0.2) is 14.4 Å². The van der Waals surface area contributed by atoms with Crippen LogP contribution in [0.4, 0.5) is 4.39 Å². The fraction of sp³-hybridized carbons (Fsp3) is 0.250. The monoisotopic (exact) mass is 392 g/mol. The Bertz CT molecular complexity index is 988. The quantitative estimate of drug-likeness (QED) is 0.387. The van der Waals surface area contributed by atoms with Crippen molar-refractivity contribution in [2.45, 2.75) is 32.9 Å². The average Bonchev–Trinajstić information content (AvgIpc) is 2.73. The molecule has 4 nitrogen and oxygen atoms in total. The molecule has 2 amide bonds. The third-order valence-electron chi connectivity index (χ3n) is 5.26. The van der Waals surface area contributed by atoms with Crippen molar-refractivity contribution < 1.29 is 14.0 Å². The molecule has 0 fully saturated rings. The van der Waals surface area contributed by atoms with Crippen LogP contribution in [0.2, 0.25) is 0 Å². The highest BCUT2D eigenvalue weighted by molar-refractivity contribution is 5.83. The summed E-state index contributed by atoms with van der Waals surface area (Å²) < 4.78 is 13.4. The van der Waals surface area contributed by atoms with Crippen LogP contribution in [0.1, 0.15) is 44.0 Å². The van der Waals surface area contributed by atoms with E-state index in [9.17, 15) is 14.0 Å². The number of benzene rings is 3. The molecule has 150 valence electrons. The van der Waals surface area contributed by atoms with Crippen LogP contribution < -0.4 is 0 Å². The molecule has 0 saturated heterocycles. The average molecular weight is 392 g/mol. The highest BCUT2D eigenvalue weighted by Gasteiger charge is 2.30. The Balaban J connectivity index is 1.98. The first-order valence-electron chi connectivity index (χ1n) is 9.67. The summed E-state index contributed by atoms with van der Waals surface area (Å²) in [7, 11) is 0. The predicted molar refractivity (Wildman–Crippen MR) is 112 cm³/mol. The van der Waals surface area contributed by atoms with Crippen molar-refractivity contribution in [3.8, 4) is 0 Å². The first-order valence-corrected chi connectivity index (χ1v) is 9.67. The SMILES string of the molecule is CC(C)C(c1ccc(F)cc1)N(C=O)N(C=O)C(C)c1ccc2ccccc2c1. The molecule has 2 atom stereocenters. The number of amides is 2. The summed E-state index contributed by atoms with van der Waals surface area (Å²) in [5.41, 5.74) is 1.69. The van der Waals surface area contributed by atoms with E-state index in [1.165, 1.54) is 22.2 Å². The molecule has 0 N–H and O–H groups in total. The summed E-state index contributed by atoms with van der Waals surface area (Å²) in [6.45, 7) is 5.82. The first-order chi connectivity index (χ1) is 14.0. The van der Waals surface area contributed by atoms with Gasteiger partial charge in [0.25, 0.3) is 0 Å². The number of carbonyl (C=O) groups excluding carboxylic acids is 2. The molecule has 0 bridgehead atoms. The minimum Gasteiger partial charge on any atom is -0.277 e. The Labute approximate surface area is 170 Å². The third-order valence-corrected chi connectivity index (χ3v) is 5.26. The van der Waals surface area contributed by atoms with Crippen LogP contribution in [-0.4, -0.2) is 22.8 Å². The smallest absolute Gasteiger partial charge is 0.228 e. The number of fused-ring (bicyclic) bond motifs is 1. The van der Waals surface area contributed by atoms with Crippen LogP contribution in [0.5, 0.6) is 0 Å². The van der Waals surface area contributed by atoms with E-state index in [2.05, 4.69) is 0 Å². The lowest BCUT2D eigenvalue weighted by molar-refractivity contribution is -0.160. The molecule has 0 heterocycles. The second kappa shape index (κ2) is 8.86. The fourth-order valence-corrected chi connectivity index (χ4v) is 3.73. The maximum Gasteiger partial charge on any atom is 0.228 e. The molecule has 0 aliphatic heterocycles. The molecule has 0 saturated carbocycles. The maximum atomic E-state index is 13.4. The molecule has 0 aliphatic rings. The van der Waals surface area contributed by atoms with Gasteiger partial charge in [0.15, 0.2) is 0 Å². The Morgan fingerprint density at radius 3 is 1.93 bits per heavy atom. The number of hydrogen-bond acceptors (Lipinski definition) is 2. The Morgan fingerprint density at radius 2 is 1.34 bits per heavy atom. The summed E-state index contributed by atoms with van der Waals surface area (Å²) >= 11 is 0. The standard InChI is InChI=1S/C24H25FN2O2/c1-17(2)24(20-10-12-23(25)13-11-20)27(16-29)26(15-28)18(3)21-9-8-19-6-4-5-7-22(19)14-21/h4-18,24H,1-3H3. The van der Waals surface area contributed by atoms with Gasteiger partial charge >= 0.3 is 0 Å². The zero-order valence-electron chi connectivity index (χ0n) is 16.8. The zero-order chi connectivity index (χ0) is 21.0. The second-order valence-electron chi connectivity index (χ2n) is 7.49.